The highest BCUT2D eigenvalue weighted by molar-refractivity contribution is 9.10. The van der Waals surface area contributed by atoms with Crippen LogP contribution >= 0.6 is 27.3 Å². The lowest BCUT2D eigenvalue weighted by atomic mass is 9.90. The summed E-state index contributed by atoms with van der Waals surface area (Å²) in [6, 6.07) is 6.17. The maximum atomic E-state index is 5.14. The van der Waals surface area contributed by atoms with Gasteiger partial charge in [0.1, 0.15) is 0 Å². The second kappa shape index (κ2) is 6.20. The summed E-state index contributed by atoms with van der Waals surface area (Å²) in [5.41, 5.74) is 1.25. The summed E-state index contributed by atoms with van der Waals surface area (Å²) in [5.74, 6) is 0. The molecule has 0 saturated heterocycles. The molecule has 2 aromatic rings. The van der Waals surface area contributed by atoms with Gasteiger partial charge in [0, 0.05) is 24.7 Å². The first-order valence-electron chi connectivity index (χ1n) is 6.29. The van der Waals surface area contributed by atoms with Gasteiger partial charge in [-0.15, -0.1) is 0 Å². The van der Waals surface area contributed by atoms with Crippen molar-refractivity contribution in [3.05, 3.63) is 22.7 Å². The summed E-state index contributed by atoms with van der Waals surface area (Å²) in [7, 11) is 1.74. The quantitative estimate of drug-likeness (QED) is 0.837. The molecule has 0 aliphatic rings. The Morgan fingerprint density at radius 2 is 2.21 bits per heavy atom. The Morgan fingerprint density at radius 1 is 1.42 bits per heavy atom. The molecule has 0 atom stereocenters. The van der Waals surface area contributed by atoms with E-state index in [1.165, 1.54) is 4.70 Å². The van der Waals surface area contributed by atoms with Gasteiger partial charge in [-0.3, -0.25) is 0 Å². The molecule has 1 heterocycles. The predicted molar refractivity (Wildman–Crippen MR) is 86.1 cm³/mol. The van der Waals surface area contributed by atoms with Gasteiger partial charge in [0.25, 0.3) is 0 Å². The minimum absolute atomic E-state index is 0.203. The first-order valence-corrected chi connectivity index (χ1v) is 7.90. The van der Waals surface area contributed by atoms with E-state index in [0.717, 1.165) is 34.7 Å². The van der Waals surface area contributed by atoms with Crippen LogP contribution in [0.4, 0.5) is 5.13 Å². The molecule has 0 radical (unpaired) electrons. The fourth-order valence-corrected chi connectivity index (χ4v) is 3.17. The molecule has 19 heavy (non-hydrogen) atoms. The fraction of sp³-hybridized carbons (Fsp3) is 0.500. The first-order chi connectivity index (χ1) is 9.00. The third-order valence-corrected chi connectivity index (χ3v) is 4.52. The number of halogens is 1. The zero-order valence-electron chi connectivity index (χ0n) is 11.5. The second-order valence-corrected chi connectivity index (χ2v) is 7.34. The summed E-state index contributed by atoms with van der Waals surface area (Å²) in [4.78, 5) is 4.59. The average Bonchev–Trinajstić information content (AvgIpc) is 2.76. The van der Waals surface area contributed by atoms with Crippen molar-refractivity contribution in [2.24, 2.45) is 5.41 Å². The largest absolute Gasteiger partial charge is 0.385 e. The number of aromatic nitrogens is 1. The molecule has 2 rings (SSSR count). The van der Waals surface area contributed by atoms with Crippen molar-refractivity contribution in [1.82, 2.24) is 4.98 Å². The molecule has 0 bridgehead atoms. The Kier molecular flexibility index (Phi) is 4.81. The minimum Gasteiger partial charge on any atom is -0.385 e. The van der Waals surface area contributed by atoms with Gasteiger partial charge >= 0.3 is 0 Å². The number of anilines is 1. The SMILES string of the molecule is COCCC(C)(C)CNc1nc2ccc(Br)cc2s1. The lowest BCUT2D eigenvalue weighted by Crippen LogP contribution is -2.24. The molecule has 1 N–H and O–H groups in total. The molecule has 104 valence electrons. The van der Waals surface area contributed by atoms with Crippen molar-refractivity contribution >= 4 is 42.6 Å². The number of methoxy groups -OCH3 is 1. The van der Waals surface area contributed by atoms with Gasteiger partial charge in [-0.1, -0.05) is 41.1 Å². The molecular formula is C14H19BrN2OS. The van der Waals surface area contributed by atoms with Gasteiger partial charge in [-0.05, 0) is 30.0 Å². The highest BCUT2D eigenvalue weighted by atomic mass is 79.9. The molecule has 0 aliphatic carbocycles. The topological polar surface area (TPSA) is 34.1 Å². The fourth-order valence-electron chi connectivity index (χ4n) is 1.76. The molecule has 1 aromatic carbocycles. The molecule has 0 saturated carbocycles. The van der Waals surface area contributed by atoms with Crippen LogP contribution in [0.25, 0.3) is 10.2 Å². The zero-order valence-corrected chi connectivity index (χ0v) is 13.9. The van der Waals surface area contributed by atoms with Crippen LogP contribution < -0.4 is 5.32 Å². The molecule has 0 amide bonds. The normalized spacial score (nSPS) is 12.0. The molecule has 3 nitrogen and oxygen atoms in total. The molecule has 0 fully saturated rings. The Balaban J connectivity index is 2.01. The number of hydrogen-bond acceptors (Lipinski definition) is 4. The van der Waals surface area contributed by atoms with Gasteiger partial charge in [0.05, 0.1) is 10.2 Å². The average molecular weight is 343 g/mol. The van der Waals surface area contributed by atoms with E-state index in [0.29, 0.717) is 0 Å². The minimum atomic E-state index is 0.203. The van der Waals surface area contributed by atoms with E-state index < -0.39 is 0 Å². The molecule has 0 unspecified atom stereocenters. The molecule has 0 spiro atoms. The van der Waals surface area contributed by atoms with Crippen molar-refractivity contribution in [1.29, 1.82) is 0 Å². The van der Waals surface area contributed by atoms with Crippen LogP contribution in [0, 0.1) is 5.41 Å². The number of nitrogens with zero attached hydrogens (tertiary/aromatic N) is 1. The van der Waals surface area contributed by atoms with E-state index in [1.807, 2.05) is 12.1 Å². The summed E-state index contributed by atoms with van der Waals surface area (Å²) >= 11 is 5.18. The van der Waals surface area contributed by atoms with Crippen LogP contribution in [0.1, 0.15) is 20.3 Å². The third kappa shape index (κ3) is 4.16. The van der Waals surface area contributed by atoms with Crippen LogP contribution in [0.5, 0.6) is 0 Å². The van der Waals surface area contributed by atoms with E-state index >= 15 is 0 Å². The van der Waals surface area contributed by atoms with Crippen molar-refractivity contribution in [2.45, 2.75) is 20.3 Å². The maximum absolute atomic E-state index is 5.14. The van der Waals surface area contributed by atoms with Gasteiger partial charge in [0.15, 0.2) is 5.13 Å². The number of hydrogen-bond donors (Lipinski definition) is 1. The zero-order chi connectivity index (χ0) is 13.9. The Labute approximate surface area is 126 Å². The van der Waals surface area contributed by atoms with Crippen LogP contribution in [0.15, 0.2) is 22.7 Å². The molecular weight excluding hydrogens is 324 g/mol. The molecule has 1 aromatic heterocycles. The number of thiazole rings is 1. The first kappa shape index (κ1) is 14.8. The number of rotatable bonds is 6. The summed E-state index contributed by atoms with van der Waals surface area (Å²) in [6.07, 6.45) is 1.03. The number of benzene rings is 1. The standard InChI is InChI=1S/C14H19BrN2OS/c1-14(2,6-7-18-3)9-16-13-17-11-5-4-10(15)8-12(11)19-13/h4-5,8H,6-7,9H2,1-3H3,(H,16,17). The summed E-state index contributed by atoms with van der Waals surface area (Å²) < 4.78 is 7.44. The van der Waals surface area contributed by atoms with Crippen LogP contribution in [-0.4, -0.2) is 25.2 Å². The maximum Gasteiger partial charge on any atom is 0.183 e. The monoisotopic (exact) mass is 342 g/mol. The van der Waals surface area contributed by atoms with Crippen molar-refractivity contribution in [3.8, 4) is 0 Å². The Hall–Kier alpha value is -0.650. The van der Waals surface area contributed by atoms with Gasteiger partial charge in [-0.2, -0.15) is 0 Å². The highest BCUT2D eigenvalue weighted by Crippen LogP contribution is 2.29. The van der Waals surface area contributed by atoms with E-state index in [2.05, 4.69) is 46.1 Å². The predicted octanol–water partition coefficient (Wildman–Crippen LogP) is 4.53. The number of ether oxygens (including phenoxy) is 1. The van der Waals surface area contributed by atoms with Gasteiger partial charge < -0.3 is 10.1 Å². The van der Waals surface area contributed by atoms with E-state index in [9.17, 15) is 0 Å². The van der Waals surface area contributed by atoms with Crippen LogP contribution in [-0.2, 0) is 4.74 Å². The third-order valence-electron chi connectivity index (χ3n) is 3.05. The lowest BCUT2D eigenvalue weighted by molar-refractivity contribution is 0.157. The van der Waals surface area contributed by atoms with Gasteiger partial charge in [-0.25, -0.2) is 4.98 Å². The van der Waals surface area contributed by atoms with E-state index in [1.54, 1.807) is 18.4 Å². The lowest BCUT2D eigenvalue weighted by Gasteiger charge is -2.24. The van der Waals surface area contributed by atoms with E-state index in [-0.39, 0.29) is 5.41 Å². The van der Waals surface area contributed by atoms with Crippen molar-refractivity contribution < 1.29 is 4.74 Å². The summed E-state index contributed by atoms with van der Waals surface area (Å²) in [6.45, 7) is 6.17. The second-order valence-electron chi connectivity index (χ2n) is 5.39. The van der Waals surface area contributed by atoms with Crippen molar-refractivity contribution in [3.63, 3.8) is 0 Å². The molecule has 5 heteroatoms. The van der Waals surface area contributed by atoms with E-state index in [4.69, 9.17) is 4.74 Å². The summed E-state index contributed by atoms with van der Waals surface area (Å²) in [5, 5.41) is 4.42. The van der Waals surface area contributed by atoms with Crippen LogP contribution in [0.2, 0.25) is 0 Å². The van der Waals surface area contributed by atoms with Gasteiger partial charge in [0.2, 0.25) is 0 Å². The number of nitrogens with one attached hydrogen (secondary N) is 1. The van der Waals surface area contributed by atoms with Crippen LogP contribution in [0.3, 0.4) is 0 Å². The highest BCUT2D eigenvalue weighted by Gasteiger charge is 2.18. The number of fused-ring (bicyclic) bond motifs is 1. The molecule has 0 aliphatic heterocycles. The Bertz CT molecular complexity index is 553. The smallest absolute Gasteiger partial charge is 0.183 e. The Morgan fingerprint density at radius 3 is 2.95 bits per heavy atom. The van der Waals surface area contributed by atoms with Crippen molar-refractivity contribution in [2.75, 3.05) is 25.6 Å².